The van der Waals surface area contributed by atoms with Crippen molar-refractivity contribution in [3.05, 3.63) is 64.5 Å². The zero-order valence-electron chi connectivity index (χ0n) is 10.7. The van der Waals surface area contributed by atoms with Gasteiger partial charge in [-0.3, -0.25) is 4.79 Å². The molecule has 0 unspecified atom stereocenters. The molecule has 2 aromatic carbocycles. The molecule has 0 atom stereocenters. The molecule has 0 N–H and O–H groups in total. The molecular formula is C15H11FO3S. The Balaban J connectivity index is 2.41. The summed E-state index contributed by atoms with van der Waals surface area (Å²) in [6.45, 7) is 1.82. The van der Waals surface area contributed by atoms with Gasteiger partial charge in [-0.15, -0.1) is 0 Å². The van der Waals surface area contributed by atoms with Gasteiger partial charge in [0.05, 0.1) is 16.2 Å². The number of rotatable bonds is 0. The molecule has 0 bridgehead atoms. The van der Waals surface area contributed by atoms with E-state index in [1.807, 2.05) is 6.92 Å². The summed E-state index contributed by atoms with van der Waals surface area (Å²) in [5.74, 6) is -1.66. The molecule has 3 rings (SSSR count). The van der Waals surface area contributed by atoms with E-state index in [-0.39, 0.29) is 21.8 Å². The molecule has 0 saturated carbocycles. The fourth-order valence-corrected chi connectivity index (χ4v) is 4.06. The van der Waals surface area contributed by atoms with E-state index in [2.05, 4.69) is 0 Å². The molecule has 0 amide bonds. The zero-order valence-corrected chi connectivity index (χ0v) is 11.5. The van der Waals surface area contributed by atoms with Gasteiger partial charge in [-0.2, -0.15) is 0 Å². The Kier molecular flexibility index (Phi) is 2.76. The van der Waals surface area contributed by atoms with Crippen LogP contribution in [0, 0.1) is 12.7 Å². The second kappa shape index (κ2) is 4.24. The van der Waals surface area contributed by atoms with Crippen molar-refractivity contribution in [2.75, 3.05) is 0 Å². The molecule has 0 fully saturated rings. The number of aryl methyl sites for hydroxylation is 1. The van der Waals surface area contributed by atoms with E-state index >= 15 is 0 Å². The standard InChI is InChI=1S/C15H11FO3S/c1-9-5-6-11-10(7-9)8-20(18,19)13-4-2-3-12(16)14(13)15(11)17/h2-7H,8H2,1H3. The predicted molar refractivity (Wildman–Crippen MR) is 71.9 cm³/mol. The van der Waals surface area contributed by atoms with Crippen LogP contribution in [0.4, 0.5) is 4.39 Å². The van der Waals surface area contributed by atoms with Gasteiger partial charge >= 0.3 is 0 Å². The lowest BCUT2D eigenvalue weighted by atomic mass is 9.97. The fourth-order valence-electron chi connectivity index (χ4n) is 2.46. The third-order valence-electron chi connectivity index (χ3n) is 3.39. The molecule has 20 heavy (non-hydrogen) atoms. The van der Waals surface area contributed by atoms with Crippen molar-refractivity contribution in [2.45, 2.75) is 17.6 Å². The van der Waals surface area contributed by atoms with Crippen molar-refractivity contribution in [1.82, 2.24) is 0 Å². The minimum Gasteiger partial charge on any atom is -0.288 e. The summed E-state index contributed by atoms with van der Waals surface area (Å²) in [6, 6.07) is 8.63. The lowest BCUT2D eigenvalue weighted by Gasteiger charge is -2.05. The molecule has 0 radical (unpaired) electrons. The van der Waals surface area contributed by atoms with Gasteiger partial charge in [0, 0.05) is 5.56 Å². The largest absolute Gasteiger partial charge is 0.288 e. The van der Waals surface area contributed by atoms with Gasteiger partial charge in [-0.1, -0.05) is 29.8 Å². The van der Waals surface area contributed by atoms with Crippen molar-refractivity contribution in [3.8, 4) is 0 Å². The number of carbonyl (C=O) groups is 1. The molecule has 0 aliphatic carbocycles. The minimum atomic E-state index is -3.72. The first-order valence-electron chi connectivity index (χ1n) is 6.05. The predicted octanol–water partition coefficient (Wildman–Crippen LogP) is 2.65. The van der Waals surface area contributed by atoms with Crippen molar-refractivity contribution in [1.29, 1.82) is 0 Å². The van der Waals surface area contributed by atoms with Crippen molar-refractivity contribution in [3.63, 3.8) is 0 Å². The topological polar surface area (TPSA) is 51.2 Å². The average Bonchev–Trinajstić information content (AvgIpc) is 2.44. The van der Waals surface area contributed by atoms with Gasteiger partial charge in [0.15, 0.2) is 15.6 Å². The highest BCUT2D eigenvalue weighted by Gasteiger charge is 2.32. The van der Waals surface area contributed by atoms with Crippen molar-refractivity contribution >= 4 is 15.6 Å². The van der Waals surface area contributed by atoms with Crippen LogP contribution in [-0.4, -0.2) is 14.2 Å². The summed E-state index contributed by atoms with van der Waals surface area (Å²) < 4.78 is 38.6. The van der Waals surface area contributed by atoms with Crippen LogP contribution in [0.25, 0.3) is 0 Å². The Morgan fingerprint density at radius 2 is 1.90 bits per heavy atom. The lowest BCUT2D eigenvalue weighted by molar-refractivity contribution is 0.103. The summed E-state index contributed by atoms with van der Waals surface area (Å²) in [7, 11) is -3.72. The fraction of sp³-hybridized carbons (Fsp3) is 0.133. The molecule has 0 aromatic heterocycles. The first kappa shape index (κ1) is 13.0. The molecule has 5 heteroatoms. The molecule has 0 saturated heterocycles. The molecular weight excluding hydrogens is 279 g/mol. The van der Waals surface area contributed by atoms with E-state index in [0.29, 0.717) is 5.56 Å². The number of ketones is 1. The number of carbonyl (C=O) groups excluding carboxylic acids is 1. The highest BCUT2D eigenvalue weighted by Crippen LogP contribution is 2.31. The van der Waals surface area contributed by atoms with Gasteiger partial charge in [0.25, 0.3) is 0 Å². The van der Waals surface area contributed by atoms with Crippen LogP contribution in [0.15, 0.2) is 41.3 Å². The molecule has 1 heterocycles. The number of halogens is 1. The summed E-state index contributed by atoms with van der Waals surface area (Å²) in [5, 5.41) is 0. The van der Waals surface area contributed by atoms with E-state index in [0.717, 1.165) is 11.6 Å². The normalized spacial score (nSPS) is 16.2. The number of sulfone groups is 1. The van der Waals surface area contributed by atoms with Crippen molar-refractivity contribution in [2.24, 2.45) is 0 Å². The molecule has 2 aromatic rings. The Bertz CT molecular complexity index is 838. The van der Waals surface area contributed by atoms with E-state index < -0.39 is 21.4 Å². The highest BCUT2D eigenvalue weighted by atomic mass is 32.2. The molecule has 102 valence electrons. The van der Waals surface area contributed by atoms with Crippen LogP contribution in [0.5, 0.6) is 0 Å². The highest BCUT2D eigenvalue weighted by molar-refractivity contribution is 7.90. The smallest absolute Gasteiger partial charge is 0.197 e. The van der Waals surface area contributed by atoms with Crippen LogP contribution in [0.2, 0.25) is 0 Å². The third-order valence-corrected chi connectivity index (χ3v) is 5.09. The Morgan fingerprint density at radius 3 is 2.65 bits per heavy atom. The second-order valence-electron chi connectivity index (χ2n) is 4.86. The quantitative estimate of drug-likeness (QED) is 0.749. The second-order valence-corrected chi connectivity index (χ2v) is 6.82. The average molecular weight is 290 g/mol. The van der Waals surface area contributed by atoms with Crippen LogP contribution < -0.4 is 0 Å². The monoisotopic (exact) mass is 290 g/mol. The SMILES string of the molecule is Cc1ccc2c(c1)CS(=O)(=O)c1cccc(F)c1C2=O. The maximum Gasteiger partial charge on any atom is 0.197 e. The maximum absolute atomic E-state index is 13.9. The van der Waals surface area contributed by atoms with Gasteiger partial charge in [0.2, 0.25) is 0 Å². The first-order valence-corrected chi connectivity index (χ1v) is 7.71. The Morgan fingerprint density at radius 1 is 1.15 bits per heavy atom. The summed E-state index contributed by atoms with van der Waals surface area (Å²) in [5.41, 5.74) is 1.18. The van der Waals surface area contributed by atoms with Gasteiger partial charge in [0.1, 0.15) is 5.82 Å². The first-order chi connectivity index (χ1) is 9.40. The number of benzene rings is 2. The lowest BCUT2D eigenvalue weighted by Crippen LogP contribution is -2.08. The third kappa shape index (κ3) is 1.86. The van der Waals surface area contributed by atoms with Crippen molar-refractivity contribution < 1.29 is 17.6 Å². The van der Waals surface area contributed by atoms with E-state index in [1.165, 1.54) is 12.1 Å². The molecule has 0 spiro atoms. The van der Waals surface area contributed by atoms with Gasteiger partial charge in [-0.05, 0) is 24.6 Å². The maximum atomic E-state index is 13.9. The van der Waals surface area contributed by atoms with Gasteiger partial charge < -0.3 is 0 Å². The summed E-state index contributed by atoms with van der Waals surface area (Å²) in [4.78, 5) is 12.2. The molecule has 1 aliphatic heterocycles. The van der Waals surface area contributed by atoms with Crippen LogP contribution in [0.1, 0.15) is 27.0 Å². The molecule has 3 nitrogen and oxygen atoms in total. The number of hydrogen-bond acceptors (Lipinski definition) is 3. The Labute approximate surface area is 116 Å². The minimum absolute atomic E-state index is 0.226. The number of hydrogen-bond donors (Lipinski definition) is 0. The van der Waals surface area contributed by atoms with Crippen LogP contribution in [0.3, 0.4) is 0 Å². The van der Waals surface area contributed by atoms with Gasteiger partial charge in [-0.25, -0.2) is 12.8 Å². The molecule has 1 aliphatic rings. The van der Waals surface area contributed by atoms with E-state index in [4.69, 9.17) is 0 Å². The summed E-state index contributed by atoms with van der Waals surface area (Å²) in [6.07, 6.45) is 0. The van der Waals surface area contributed by atoms with Crippen LogP contribution >= 0.6 is 0 Å². The summed E-state index contributed by atoms with van der Waals surface area (Å²) >= 11 is 0. The van der Waals surface area contributed by atoms with E-state index in [1.54, 1.807) is 18.2 Å². The van der Waals surface area contributed by atoms with Crippen LogP contribution in [-0.2, 0) is 15.6 Å². The van der Waals surface area contributed by atoms with E-state index in [9.17, 15) is 17.6 Å². The number of fused-ring (bicyclic) bond motifs is 2. The zero-order chi connectivity index (χ0) is 14.5. The Hall–Kier alpha value is -2.01.